The largest absolute Gasteiger partial charge is 0.370 e. The summed E-state index contributed by atoms with van der Waals surface area (Å²) in [6.07, 6.45) is 9.91. The molecule has 2 saturated carbocycles. The van der Waals surface area contributed by atoms with Gasteiger partial charge in [0, 0.05) is 12.6 Å². The summed E-state index contributed by atoms with van der Waals surface area (Å²) in [6, 6.07) is 0.800. The van der Waals surface area contributed by atoms with E-state index in [9.17, 15) is 0 Å². The maximum atomic E-state index is 6.26. The Morgan fingerprint density at radius 3 is 2.67 bits per heavy atom. The minimum absolute atomic E-state index is 0.321. The second kappa shape index (κ2) is 3.74. The Kier molecular flexibility index (Phi) is 2.52. The second-order valence-electron chi connectivity index (χ2n) is 5.90. The van der Waals surface area contributed by atoms with Gasteiger partial charge in [0.05, 0.1) is 11.7 Å². The van der Waals surface area contributed by atoms with Crippen molar-refractivity contribution in [2.75, 3.05) is 6.54 Å². The minimum Gasteiger partial charge on any atom is -0.370 e. The molecule has 0 amide bonds. The van der Waals surface area contributed by atoms with Crippen molar-refractivity contribution in [3.63, 3.8) is 0 Å². The Bertz CT molecular complexity index is 235. The van der Waals surface area contributed by atoms with Gasteiger partial charge in [-0.1, -0.05) is 19.8 Å². The highest BCUT2D eigenvalue weighted by Crippen LogP contribution is 2.43. The Morgan fingerprint density at radius 1 is 1.27 bits per heavy atom. The zero-order chi connectivity index (χ0) is 10.3. The molecular formula is C13H23NO. The number of ether oxygens (including phenoxy) is 1. The van der Waals surface area contributed by atoms with Gasteiger partial charge >= 0.3 is 0 Å². The highest BCUT2D eigenvalue weighted by atomic mass is 16.5. The molecule has 0 radical (unpaired) electrons. The van der Waals surface area contributed by atoms with Crippen molar-refractivity contribution in [2.24, 2.45) is 5.92 Å². The van der Waals surface area contributed by atoms with Gasteiger partial charge in [0.15, 0.2) is 0 Å². The van der Waals surface area contributed by atoms with Crippen LogP contribution in [0, 0.1) is 5.92 Å². The zero-order valence-corrected chi connectivity index (χ0v) is 9.80. The molecule has 3 fully saturated rings. The average molecular weight is 209 g/mol. The zero-order valence-electron chi connectivity index (χ0n) is 9.80. The normalized spacial score (nSPS) is 42.6. The lowest BCUT2D eigenvalue weighted by Gasteiger charge is -2.23. The molecule has 3 rings (SSSR count). The van der Waals surface area contributed by atoms with E-state index in [1.165, 1.54) is 44.9 Å². The maximum Gasteiger partial charge on any atom is 0.0708 e. The van der Waals surface area contributed by atoms with Crippen molar-refractivity contribution in [3.05, 3.63) is 0 Å². The summed E-state index contributed by atoms with van der Waals surface area (Å²) in [4.78, 5) is 0. The van der Waals surface area contributed by atoms with Crippen LogP contribution >= 0.6 is 0 Å². The summed E-state index contributed by atoms with van der Waals surface area (Å²) in [6.45, 7) is 3.42. The molecule has 1 spiro atoms. The van der Waals surface area contributed by atoms with E-state index in [0.29, 0.717) is 11.7 Å². The fourth-order valence-corrected chi connectivity index (χ4v) is 3.32. The molecule has 3 atom stereocenters. The van der Waals surface area contributed by atoms with Gasteiger partial charge in [0.25, 0.3) is 0 Å². The second-order valence-corrected chi connectivity index (χ2v) is 5.90. The minimum atomic E-state index is 0.321. The first-order chi connectivity index (χ1) is 7.27. The number of rotatable bonds is 3. The Hall–Kier alpha value is -0.0800. The van der Waals surface area contributed by atoms with Gasteiger partial charge in [-0.05, 0) is 38.0 Å². The van der Waals surface area contributed by atoms with E-state index in [1.54, 1.807) is 0 Å². The number of hydrogen-bond donors (Lipinski definition) is 1. The monoisotopic (exact) mass is 209 g/mol. The van der Waals surface area contributed by atoms with Crippen molar-refractivity contribution in [1.82, 2.24) is 5.32 Å². The highest BCUT2D eigenvalue weighted by Gasteiger charge is 2.42. The van der Waals surface area contributed by atoms with Crippen molar-refractivity contribution >= 4 is 0 Å². The van der Waals surface area contributed by atoms with Gasteiger partial charge in [-0.25, -0.2) is 0 Å². The van der Waals surface area contributed by atoms with Crippen LogP contribution in [0.4, 0.5) is 0 Å². The molecule has 0 aromatic carbocycles. The van der Waals surface area contributed by atoms with Crippen LogP contribution in [0.2, 0.25) is 0 Å². The van der Waals surface area contributed by atoms with E-state index in [2.05, 4.69) is 12.2 Å². The first-order valence-electron chi connectivity index (χ1n) is 6.69. The molecule has 3 aliphatic rings. The Labute approximate surface area is 92.8 Å². The van der Waals surface area contributed by atoms with Crippen LogP contribution in [0.3, 0.4) is 0 Å². The van der Waals surface area contributed by atoms with E-state index >= 15 is 0 Å². The number of hydrogen-bond acceptors (Lipinski definition) is 2. The fourth-order valence-electron chi connectivity index (χ4n) is 3.32. The Balaban J connectivity index is 1.44. The maximum absolute atomic E-state index is 6.26. The third-order valence-electron chi connectivity index (χ3n) is 4.57. The van der Waals surface area contributed by atoms with Crippen LogP contribution in [0.25, 0.3) is 0 Å². The van der Waals surface area contributed by atoms with Crippen LogP contribution < -0.4 is 5.32 Å². The number of nitrogens with one attached hydrogen (secondary N) is 1. The van der Waals surface area contributed by atoms with E-state index in [0.717, 1.165) is 18.5 Å². The van der Waals surface area contributed by atoms with Crippen molar-refractivity contribution in [1.29, 1.82) is 0 Å². The topological polar surface area (TPSA) is 21.3 Å². The van der Waals surface area contributed by atoms with Crippen molar-refractivity contribution < 1.29 is 4.74 Å². The lowest BCUT2D eigenvalue weighted by molar-refractivity contribution is -0.0352. The van der Waals surface area contributed by atoms with E-state index < -0.39 is 0 Å². The standard InChI is InChI=1S/C13H23NO/c1-10-8-12(10)14-9-11-4-7-13(15-11)5-2-3-6-13/h10-12,14H,2-9H2,1H3. The van der Waals surface area contributed by atoms with Crippen LogP contribution in [-0.4, -0.2) is 24.3 Å². The molecule has 1 aliphatic heterocycles. The first-order valence-corrected chi connectivity index (χ1v) is 6.69. The molecule has 1 N–H and O–H groups in total. The lowest BCUT2D eigenvalue weighted by atomic mass is 9.98. The molecule has 2 nitrogen and oxygen atoms in total. The molecular weight excluding hydrogens is 186 g/mol. The van der Waals surface area contributed by atoms with E-state index in [1.807, 2.05) is 0 Å². The highest BCUT2D eigenvalue weighted by molar-refractivity contribution is 4.95. The molecule has 2 heteroatoms. The van der Waals surface area contributed by atoms with Gasteiger partial charge < -0.3 is 10.1 Å². The predicted molar refractivity (Wildman–Crippen MR) is 60.9 cm³/mol. The van der Waals surface area contributed by atoms with E-state index in [-0.39, 0.29) is 0 Å². The van der Waals surface area contributed by atoms with Crippen LogP contribution in [0.1, 0.15) is 51.9 Å². The van der Waals surface area contributed by atoms with Crippen LogP contribution in [-0.2, 0) is 4.74 Å². The van der Waals surface area contributed by atoms with Crippen LogP contribution in [0.5, 0.6) is 0 Å². The average Bonchev–Trinajstić information content (AvgIpc) is 2.71. The summed E-state index contributed by atoms with van der Waals surface area (Å²) in [5.41, 5.74) is 0.321. The van der Waals surface area contributed by atoms with E-state index in [4.69, 9.17) is 4.74 Å². The third-order valence-corrected chi connectivity index (χ3v) is 4.57. The van der Waals surface area contributed by atoms with Crippen molar-refractivity contribution in [2.45, 2.75) is 69.6 Å². The SMILES string of the molecule is CC1CC1NCC1CCC2(CCCC2)O1. The summed E-state index contributed by atoms with van der Waals surface area (Å²) in [7, 11) is 0. The quantitative estimate of drug-likeness (QED) is 0.771. The molecule has 3 unspecified atom stereocenters. The summed E-state index contributed by atoms with van der Waals surface area (Å²) in [5.74, 6) is 0.909. The molecule has 86 valence electrons. The van der Waals surface area contributed by atoms with Gasteiger partial charge in [0.2, 0.25) is 0 Å². The molecule has 2 aliphatic carbocycles. The smallest absolute Gasteiger partial charge is 0.0708 e. The Morgan fingerprint density at radius 2 is 2.00 bits per heavy atom. The van der Waals surface area contributed by atoms with Crippen molar-refractivity contribution in [3.8, 4) is 0 Å². The molecule has 0 bridgehead atoms. The third kappa shape index (κ3) is 2.07. The molecule has 1 saturated heterocycles. The summed E-state index contributed by atoms with van der Waals surface area (Å²) < 4.78 is 6.26. The fraction of sp³-hybridized carbons (Fsp3) is 1.00. The summed E-state index contributed by atoms with van der Waals surface area (Å²) >= 11 is 0. The van der Waals surface area contributed by atoms with Crippen LogP contribution in [0.15, 0.2) is 0 Å². The van der Waals surface area contributed by atoms with Gasteiger partial charge in [-0.15, -0.1) is 0 Å². The molecule has 15 heavy (non-hydrogen) atoms. The summed E-state index contributed by atoms with van der Waals surface area (Å²) in [5, 5.41) is 3.63. The lowest BCUT2D eigenvalue weighted by Crippen LogP contribution is -2.32. The predicted octanol–water partition coefficient (Wildman–Crippen LogP) is 2.48. The van der Waals surface area contributed by atoms with Gasteiger partial charge in [-0.3, -0.25) is 0 Å². The first kappa shape index (κ1) is 10.1. The molecule has 0 aromatic heterocycles. The van der Waals surface area contributed by atoms with Gasteiger partial charge in [-0.2, -0.15) is 0 Å². The van der Waals surface area contributed by atoms with Gasteiger partial charge in [0.1, 0.15) is 0 Å². The molecule has 0 aromatic rings. The molecule has 1 heterocycles.